The molecule has 0 aliphatic carbocycles. The lowest BCUT2D eigenvalue weighted by Crippen LogP contribution is -2.04. The number of para-hydroxylation sites is 1. The average Bonchev–Trinajstić information content (AvgIpc) is 3.11. The molecule has 102 valence electrons. The average molecular weight is 268 g/mol. The van der Waals surface area contributed by atoms with Gasteiger partial charge in [-0.15, -0.1) is 0 Å². The Morgan fingerprint density at radius 3 is 2.85 bits per heavy atom. The van der Waals surface area contributed by atoms with Gasteiger partial charge in [-0.3, -0.25) is 5.10 Å². The minimum atomic E-state index is 0.559. The first-order chi connectivity index (χ1) is 9.85. The molecule has 0 amide bonds. The van der Waals surface area contributed by atoms with Crippen molar-refractivity contribution in [3.05, 3.63) is 59.9 Å². The van der Waals surface area contributed by atoms with Crippen LogP contribution in [0.2, 0.25) is 0 Å². The van der Waals surface area contributed by atoms with Crippen LogP contribution in [0.5, 0.6) is 0 Å². The van der Waals surface area contributed by atoms with Gasteiger partial charge in [-0.2, -0.15) is 10.2 Å². The van der Waals surface area contributed by atoms with E-state index in [4.69, 9.17) is 5.73 Å². The molecule has 0 unspecified atom stereocenters. The second kappa shape index (κ2) is 5.66. The summed E-state index contributed by atoms with van der Waals surface area (Å²) < 4.78 is 1.85. The molecule has 0 bridgehead atoms. The standard InChI is InChI=1S/C14H16N6/c15-7-6-13-17-14(19-18-13)8-11-9-16-20(10-11)12-4-2-1-3-5-12/h1-5,9-10H,6-8,15H2,(H,17,18,19). The van der Waals surface area contributed by atoms with E-state index in [1.807, 2.05) is 47.4 Å². The number of aromatic nitrogens is 5. The molecule has 0 radical (unpaired) electrons. The summed E-state index contributed by atoms with van der Waals surface area (Å²) >= 11 is 0. The summed E-state index contributed by atoms with van der Waals surface area (Å²) in [5.41, 5.74) is 7.61. The Kier molecular flexibility index (Phi) is 3.56. The minimum absolute atomic E-state index is 0.559. The highest BCUT2D eigenvalue weighted by Gasteiger charge is 2.06. The third kappa shape index (κ3) is 2.75. The molecule has 0 aliphatic heterocycles. The molecule has 1 aromatic carbocycles. The zero-order chi connectivity index (χ0) is 13.8. The van der Waals surface area contributed by atoms with E-state index in [1.165, 1.54) is 0 Å². The topological polar surface area (TPSA) is 85.4 Å². The number of rotatable bonds is 5. The molecule has 6 nitrogen and oxygen atoms in total. The van der Waals surface area contributed by atoms with Gasteiger partial charge in [-0.05, 0) is 24.2 Å². The van der Waals surface area contributed by atoms with Crippen molar-refractivity contribution < 1.29 is 0 Å². The number of hydrogen-bond acceptors (Lipinski definition) is 4. The van der Waals surface area contributed by atoms with Gasteiger partial charge in [0, 0.05) is 19.0 Å². The van der Waals surface area contributed by atoms with Crippen LogP contribution in [0, 0.1) is 0 Å². The first kappa shape index (κ1) is 12.6. The number of benzene rings is 1. The summed E-state index contributed by atoms with van der Waals surface area (Å²) in [7, 11) is 0. The molecule has 6 heteroatoms. The second-order valence-electron chi connectivity index (χ2n) is 4.54. The van der Waals surface area contributed by atoms with Crippen molar-refractivity contribution in [1.82, 2.24) is 25.0 Å². The van der Waals surface area contributed by atoms with Crippen molar-refractivity contribution in [2.45, 2.75) is 12.8 Å². The van der Waals surface area contributed by atoms with Gasteiger partial charge in [0.1, 0.15) is 5.82 Å². The van der Waals surface area contributed by atoms with Crippen LogP contribution in [0.25, 0.3) is 5.69 Å². The first-order valence-electron chi connectivity index (χ1n) is 6.54. The summed E-state index contributed by atoms with van der Waals surface area (Å²) in [6.45, 7) is 0.559. The normalized spacial score (nSPS) is 10.8. The largest absolute Gasteiger partial charge is 0.330 e. The van der Waals surface area contributed by atoms with Crippen LogP contribution >= 0.6 is 0 Å². The first-order valence-corrected chi connectivity index (χ1v) is 6.54. The van der Waals surface area contributed by atoms with E-state index in [9.17, 15) is 0 Å². The molecule has 0 aliphatic rings. The van der Waals surface area contributed by atoms with Gasteiger partial charge in [-0.1, -0.05) is 18.2 Å². The summed E-state index contributed by atoms with van der Waals surface area (Å²) in [6.07, 6.45) is 5.22. The SMILES string of the molecule is NCCc1n[nH]c(Cc2cnn(-c3ccccc3)c2)n1. The van der Waals surface area contributed by atoms with E-state index in [-0.39, 0.29) is 0 Å². The Balaban J connectivity index is 1.73. The van der Waals surface area contributed by atoms with Gasteiger partial charge in [0.05, 0.1) is 11.9 Å². The van der Waals surface area contributed by atoms with Crippen LogP contribution in [-0.2, 0) is 12.8 Å². The molecule has 3 aromatic rings. The number of hydrogen-bond donors (Lipinski definition) is 2. The zero-order valence-corrected chi connectivity index (χ0v) is 11.0. The van der Waals surface area contributed by atoms with E-state index in [0.29, 0.717) is 19.4 Å². The quantitative estimate of drug-likeness (QED) is 0.725. The number of nitrogens with one attached hydrogen (secondary N) is 1. The predicted octanol–water partition coefficient (Wildman–Crippen LogP) is 1.08. The highest BCUT2D eigenvalue weighted by atomic mass is 15.3. The van der Waals surface area contributed by atoms with Crippen LogP contribution in [0.1, 0.15) is 17.2 Å². The smallest absolute Gasteiger partial charge is 0.151 e. The molecule has 0 fully saturated rings. The fourth-order valence-corrected chi connectivity index (χ4v) is 2.02. The van der Waals surface area contributed by atoms with Crippen molar-refractivity contribution >= 4 is 0 Å². The Morgan fingerprint density at radius 2 is 2.05 bits per heavy atom. The van der Waals surface area contributed by atoms with Gasteiger partial charge >= 0.3 is 0 Å². The summed E-state index contributed by atoms with van der Waals surface area (Å²) in [5.74, 6) is 1.60. The molecular weight excluding hydrogens is 252 g/mol. The maximum absolute atomic E-state index is 5.48. The maximum atomic E-state index is 5.48. The van der Waals surface area contributed by atoms with Crippen molar-refractivity contribution in [3.63, 3.8) is 0 Å². The Hall–Kier alpha value is -2.47. The van der Waals surface area contributed by atoms with Crippen molar-refractivity contribution in [2.75, 3.05) is 6.54 Å². The van der Waals surface area contributed by atoms with E-state index in [2.05, 4.69) is 20.3 Å². The molecule has 0 saturated carbocycles. The lowest BCUT2D eigenvalue weighted by Gasteiger charge is -1.98. The Morgan fingerprint density at radius 1 is 1.20 bits per heavy atom. The highest BCUT2D eigenvalue weighted by Crippen LogP contribution is 2.10. The fraction of sp³-hybridized carbons (Fsp3) is 0.214. The maximum Gasteiger partial charge on any atom is 0.151 e. The Bertz CT molecular complexity index is 670. The Labute approximate surface area is 116 Å². The molecule has 0 saturated heterocycles. The highest BCUT2D eigenvalue weighted by molar-refractivity contribution is 5.31. The van der Waals surface area contributed by atoms with E-state index < -0.39 is 0 Å². The summed E-state index contributed by atoms with van der Waals surface area (Å²) in [5, 5.41) is 11.4. The van der Waals surface area contributed by atoms with Crippen LogP contribution in [-0.4, -0.2) is 31.5 Å². The molecule has 2 aromatic heterocycles. The number of nitrogens with zero attached hydrogens (tertiary/aromatic N) is 4. The van der Waals surface area contributed by atoms with Crippen LogP contribution in [0.4, 0.5) is 0 Å². The number of aromatic amines is 1. The summed E-state index contributed by atoms with van der Waals surface area (Å²) in [6, 6.07) is 10.0. The number of H-pyrrole nitrogens is 1. The van der Waals surface area contributed by atoms with Crippen LogP contribution in [0.3, 0.4) is 0 Å². The van der Waals surface area contributed by atoms with Gasteiger partial charge in [0.2, 0.25) is 0 Å². The molecule has 20 heavy (non-hydrogen) atoms. The molecular formula is C14H16N6. The summed E-state index contributed by atoms with van der Waals surface area (Å²) in [4.78, 5) is 4.39. The lowest BCUT2D eigenvalue weighted by molar-refractivity contribution is 0.874. The van der Waals surface area contributed by atoms with Gasteiger partial charge in [0.25, 0.3) is 0 Å². The van der Waals surface area contributed by atoms with Crippen LogP contribution < -0.4 is 5.73 Å². The molecule has 0 spiro atoms. The predicted molar refractivity (Wildman–Crippen MR) is 75.5 cm³/mol. The van der Waals surface area contributed by atoms with E-state index in [1.54, 1.807) is 0 Å². The third-order valence-corrected chi connectivity index (χ3v) is 2.97. The van der Waals surface area contributed by atoms with Gasteiger partial charge in [0.15, 0.2) is 5.82 Å². The number of nitrogens with two attached hydrogens (primary N) is 1. The molecule has 3 rings (SSSR count). The fourth-order valence-electron chi connectivity index (χ4n) is 2.02. The third-order valence-electron chi connectivity index (χ3n) is 2.97. The van der Waals surface area contributed by atoms with E-state index >= 15 is 0 Å². The molecule has 0 atom stereocenters. The molecule has 3 N–H and O–H groups in total. The second-order valence-corrected chi connectivity index (χ2v) is 4.54. The van der Waals surface area contributed by atoms with Crippen molar-refractivity contribution in [3.8, 4) is 5.69 Å². The lowest BCUT2D eigenvalue weighted by atomic mass is 10.2. The van der Waals surface area contributed by atoms with Crippen LogP contribution in [0.15, 0.2) is 42.7 Å². The minimum Gasteiger partial charge on any atom is -0.330 e. The zero-order valence-electron chi connectivity index (χ0n) is 11.0. The van der Waals surface area contributed by atoms with Crippen molar-refractivity contribution in [2.24, 2.45) is 5.73 Å². The van der Waals surface area contributed by atoms with Crippen molar-refractivity contribution in [1.29, 1.82) is 0 Å². The monoisotopic (exact) mass is 268 g/mol. The molecule has 2 heterocycles. The van der Waals surface area contributed by atoms with E-state index in [0.717, 1.165) is 22.9 Å². The van der Waals surface area contributed by atoms with Gasteiger partial charge in [-0.25, -0.2) is 9.67 Å². The van der Waals surface area contributed by atoms with Gasteiger partial charge < -0.3 is 5.73 Å².